The van der Waals surface area contributed by atoms with Gasteiger partial charge in [-0.05, 0) is 68.2 Å². The van der Waals surface area contributed by atoms with Crippen LogP contribution in [-0.2, 0) is 27.5 Å². The summed E-state index contributed by atoms with van der Waals surface area (Å²) in [5, 5.41) is 2.94. The molecule has 2 aliphatic carbocycles. The van der Waals surface area contributed by atoms with Gasteiger partial charge in [-0.3, -0.25) is 4.79 Å². The maximum Gasteiger partial charge on any atom is 0.221 e. The van der Waals surface area contributed by atoms with Gasteiger partial charge in [-0.15, -0.1) is 12.4 Å². The maximum absolute atomic E-state index is 12.5. The van der Waals surface area contributed by atoms with Gasteiger partial charge in [-0.25, -0.2) is 8.42 Å². The average molecular weight is 387 g/mol. The summed E-state index contributed by atoms with van der Waals surface area (Å²) in [7, 11) is -3.44. The quantitative estimate of drug-likeness (QED) is 0.750. The van der Waals surface area contributed by atoms with E-state index in [1.165, 1.54) is 5.56 Å². The van der Waals surface area contributed by atoms with Crippen molar-refractivity contribution >= 4 is 28.2 Å². The SMILES string of the molecule is CC(CN)(NC(=O)CCS(=O)(=O)c1ccc2c(c1)CCC2)C1CC1.Cl. The Morgan fingerprint density at radius 2 is 1.96 bits per heavy atom. The van der Waals surface area contributed by atoms with Gasteiger partial charge in [0.15, 0.2) is 9.84 Å². The molecule has 0 bridgehead atoms. The summed E-state index contributed by atoms with van der Waals surface area (Å²) in [5.41, 5.74) is 7.75. The molecule has 0 saturated heterocycles. The molecule has 1 aromatic rings. The van der Waals surface area contributed by atoms with Gasteiger partial charge in [0.25, 0.3) is 0 Å². The van der Waals surface area contributed by atoms with Crippen molar-refractivity contribution in [3.8, 4) is 0 Å². The number of hydrogen-bond acceptors (Lipinski definition) is 4. The second-order valence-corrected chi connectivity index (χ2v) is 9.41. The Morgan fingerprint density at radius 3 is 2.60 bits per heavy atom. The van der Waals surface area contributed by atoms with Gasteiger partial charge in [0.1, 0.15) is 0 Å². The largest absolute Gasteiger partial charge is 0.349 e. The van der Waals surface area contributed by atoms with Crippen molar-refractivity contribution in [1.29, 1.82) is 0 Å². The second-order valence-electron chi connectivity index (χ2n) is 7.30. The first-order valence-electron chi connectivity index (χ1n) is 8.70. The van der Waals surface area contributed by atoms with Crippen LogP contribution < -0.4 is 11.1 Å². The highest BCUT2D eigenvalue weighted by Crippen LogP contribution is 2.39. The van der Waals surface area contributed by atoms with Gasteiger partial charge in [0, 0.05) is 13.0 Å². The maximum atomic E-state index is 12.5. The molecule has 0 spiro atoms. The molecule has 0 heterocycles. The van der Waals surface area contributed by atoms with E-state index in [4.69, 9.17) is 5.73 Å². The van der Waals surface area contributed by atoms with Crippen molar-refractivity contribution < 1.29 is 13.2 Å². The smallest absolute Gasteiger partial charge is 0.221 e. The number of carbonyl (C=O) groups is 1. The number of rotatable bonds is 7. The molecule has 140 valence electrons. The summed E-state index contributed by atoms with van der Waals surface area (Å²) >= 11 is 0. The minimum Gasteiger partial charge on any atom is -0.349 e. The van der Waals surface area contributed by atoms with Gasteiger partial charge in [0.2, 0.25) is 5.91 Å². The van der Waals surface area contributed by atoms with E-state index in [-0.39, 0.29) is 30.5 Å². The lowest BCUT2D eigenvalue weighted by molar-refractivity contribution is -0.122. The van der Waals surface area contributed by atoms with Gasteiger partial charge in [-0.2, -0.15) is 0 Å². The van der Waals surface area contributed by atoms with Crippen LogP contribution in [0.3, 0.4) is 0 Å². The zero-order chi connectivity index (χ0) is 17.4. The standard InChI is InChI=1S/C18H26N2O3S.ClH/c1-18(12-19,15-6-7-15)20-17(21)9-10-24(22,23)16-8-5-13-3-2-4-14(13)11-16;/h5,8,11,15H,2-4,6-7,9-10,12,19H2,1H3,(H,20,21);1H. The molecule has 1 fully saturated rings. The van der Waals surface area contributed by atoms with Crippen molar-refractivity contribution in [2.24, 2.45) is 11.7 Å². The Morgan fingerprint density at radius 1 is 1.28 bits per heavy atom. The molecule has 0 radical (unpaired) electrons. The predicted octanol–water partition coefficient (Wildman–Crippen LogP) is 2.00. The highest BCUT2D eigenvalue weighted by molar-refractivity contribution is 7.91. The van der Waals surface area contributed by atoms with Crippen LogP contribution in [0, 0.1) is 5.92 Å². The van der Waals surface area contributed by atoms with Crippen LogP contribution in [0.4, 0.5) is 0 Å². The fourth-order valence-electron chi connectivity index (χ4n) is 3.51. The van der Waals surface area contributed by atoms with Crippen LogP contribution in [0.15, 0.2) is 23.1 Å². The summed E-state index contributed by atoms with van der Waals surface area (Å²) in [5.74, 6) is 0.0162. The highest BCUT2D eigenvalue weighted by atomic mass is 35.5. The normalized spacial score (nSPS) is 18.8. The molecule has 1 saturated carbocycles. The van der Waals surface area contributed by atoms with Crippen molar-refractivity contribution in [2.75, 3.05) is 12.3 Å². The molecule has 0 aliphatic heterocycles. The fraction of sp³-hybridized carbons (Fsp3) is 0.611. The summed E-state index contributed by atoms with van der Waals surface area (Å²) in [6, 6.07) is 5.36. The van der Waals surface area contributed by atoms with E-state index in [0.29, 0.717) is 17.4 Å². The van der Waals surface area contributed by atoms with Crippen molar-refractivity contribution in [3.05, 3.63) is 29.3 Å². The number of amides is 1. The number of nitrogens with two attached hydrogens (primary N) is 1. The van der Waals surface area contributed by atoms with Crippen LogP contribution in [0.5, 0.6) is 0 Å². The molecule has 25 heavy (non-hydrogen) atoms. The molecule has 7 heteroatoms. The van der Waals surface area contributed by atoms with Crippen molar-refractivity contribution in [2.45, 2.75) is 55.9 Å². The minimum absolute atomic E-state index is 0. The summed E-state index contributed by atoms with van der Waals surface area (Å²) in [6.07, 6.45) is 5.16. The monoisotopic (exact) mass is 386 g/mol. The third kappa shape index (κ3) is 4.54. The van der Waals surface area contributed by atoms with Crippen molar-refractivity contribution in [3.63, 3.8) is 0 Å². The summed E-state index contributed by atoms with van der Waals surface area (Å²) in [4.78, 5) is 12.5. The molecular weight excluding hydrogens is 360 g/mol. The Labute approximate surface area is 156 Å². The number of sulfone groups is 1. The number of hydrogen-bond donors (Lipinski definition) is 2. The van der Waals surface area contributed by atoms with Gasteiger partial charge in [-0.1, -0.05) is 6.07 Å². The Kier molecular flexibility index (Phi) is 6.17. The van der Waals surface area contributed by atoms with Crippen molar-refractivity contribution in [1.82, 2.24) is 5.32 Å². The first-order chi connectivity index (χ1) is 11.3. The van der Waals surface area contributed by atoms with Crippen LogP contribution in [-0.4, -0.2) is 32.2 Å². The van der Waals surface area contributed by atoms with Gasteiger partial charge in [0.05, 0.1) is 16.2 Å². The zero-order valence-corrected chi connectivity index (χ0v) is 16.2. The van der Waals surface area contributed by atoms with Crippen LogP contribution in [0.2, 0.25) is 0 Å². The van der Waals surface area contributed by atoms with E-state index in [1.54, 1.807) is 12.1 Å². The zero-order valence-electron chi connectivity index (χ0n) is 14.6. The first kappa shape index (κ1) is 20.2. The van der Waals surface area contributed by atoms with E-state index in [0.717, 1.165) is 37.7 Å². The third-order valence-electron chi connectivity index (χ3n) is 5.35. The Bertz CT molecular complexity index is 747. The van der Waals surface area contributed by atoms with E-state index in [9.17, 15) is 13.2 Å². The molecular formula is C18H27ClN2O3S. The molecule has 1 amide bonds. The number of halogens is 1. The average Bonchev–Trinajstić information content (AvgIpc) is 3.31. The lowest BCUT2D eigenvalue weighted by Crippen LogP contribution is -2.53. The molecule has 2 aliphatic rings. The number of nitrogens with one attached hydrogen (secondary N) is 1. The molecule has 3 rings (SSSR count). The van der Waals surface area contributed by atoms with E-state index in [1.807, 2.05) is 13.0 Å². The second kappa shape index (κ2) is 7.64. The molecule has 5 nitrogen and oxygen atoms in total. The number of benzene rings is 1. The van der Waals surface area contributed by atoms with E-state index < -0.39 is 15.4 Å². The first-order valence-corrected chi connectivity index (χ1v) is 10.3. The van der Waals surface area contributed by atoms with Gasteiger partial charge < -0.3 is 11.1 Å². The Hall–Kier alpha value is -1.11. The molecule has 3 N–H and O–H groups in total. The fourth-order valence-corrected chi connectivity index (χ4v) is 4.79. The number of fused-ring (bicyclic) bond motifs is 1. The summed E-state index contributed by atoms with van der Waals surface area (Å²) in [6.45, 7) is 2.32. The molecule has 1 atom stereocenters. The predicted molar refractivity (Wildman–Crippen MR) is 101 cm³/mol. The van der Waals surface area contributed by atoms with Crippen LogP contribution in [0.1, 0.15) is 43.7 Å². The molecule has 0 aromatic heterocycles. The topological polar surface area (TPSA) is 89.3 Å². The number of aryl methyl sites for hydroxylation is 2. The van der Waals surface area contributed by atoms with E-state index >= 15 is 0 Å². The molecule has 1 unspecified atom stereocenters. The molecule has 1 aromatic carbocycles. The lowest BCUT2D eigenvalue weighted by Gasteiger charge is -2.29. The Balaban J connectivity index is 0.00000225. The van der Waals surface area contributed by atoms with E-state index in [2.05, 4.69) is 5.32 Å². The van der Waals surface area contributed by atoms with Gasteiger partial charge >= 0.3 is 0 Å². The minimum atomic E-state index is -3.44. The summed E-state index contributed by atoms with van der Waals surface area (Å²) < 4.78 is 25.0. The van der Waals surface area contributed by atoms with Crippen LogP contribution >= 0.6 is 12.4 Å². The van der Waals surface area contributed by atoms with Crippen LogP contribution in [0.25, 0.3) is 0 Å². The lowest BCUT2D eigenvalue weighted by atomic mass is 9.96. The number of carbonyl (C=O) groups excluding carboxylic acids is 1. The highest BCUT2D eigenvalue weighted by Gasteiger charge is 2.41. The third-order valence-corrected chi connectivity index (χ3v) is 7.07.